The van der Waals surface area contributed by atoms with Crippen LogP contribution < -0.4 is 16.1 Å². The lowest BCUT2D eigenvalue weighted by atomic mass is 10.2. The standard InChI is InChI=1S/C15H19N5O2S/c1-18-12-11(13(21)17-14(18)22)20-10(9-23-15(20)16-12)8-19-6-4-2-3-5-7-19/h9H,2-8H2,1H3,(H,17,21,22)/p+1. The van der Waals surface area contributed by atoms with Crippen molar-refractivity contribution in [3.05, 3.63) is 31.9 Å². The van der Waals surface area contributed by atoms with Gasteiger partial charge in [-0.2, -0.15) is 0 Å². The Kier molecular flexibility index (Phi) is 3.57. The third kappa shape index (κ3) is 2.42. The van der Waals surface area contributed by atoms with Crippen molar-refractivity contribution < 1.29 is 4.90 Å². The predicted octanol–water partition coefficient (Wildman–Crippen LogP) is -0.105. The molecule has 23 heavy (non-hydrogen) atoms. The Morgan fingerprint density at radius 2 is 2.00 bits per heavy atom. The molecule has 0 saturated carbocycles. The van der Waals surface area contributed by atoms with Crippen LogP contribution in [0.5, 0.6) is 0 Å². The SMILES string of the molecule is Cn1c(=O)[nH]c(=O)c2c1nc1scc(C[NH+]3CCCCCC3)n12. The maximum absolute atomic E-state index is 12.3. The first-order chi connectivity index (χ1) is 11.1. The molecule has 8 heteroatoms. The van der Waals surface area contributed by atoms with E-state index in [9.17, 15) is 9.59 Å². The van der Waals surface area contributed by atoms with Crippen LogP contribution in [-0.4, -0.2) is 32.0 Å². The number of hydrogen-bond donors (Lipinski definition) is 2. The van der Waals surface area contributed by atoms with Gasteiger partial charge in [-0.3, -0.25) is 18.7 Å². The quantitative estimate of drug-likeness (QED) is 0.687. The third-order valence-electron chi connectivity index (χ3n) is 4.72. The van der Waals surface area contributed by atoms with E-state index in [0.717, 1.165) is 17.2 Å². The fraction of sp³-hybridized carbons (Fsp3) is 0.533. The first-order valence-corrected chi connectivity index (χ1v) is 8.94. The molecule has 0 atom stereocenters. The number of imidazole rings is 1. The molecule has 1 fully saturated rings. The molecule has 0 spiro atoms. The van der Waals surface area contributed by atoms with Crippen molar-refractivity contribution in [1.82, 2.24) is 18.9 Å². The van der Waals surface area contributed by atoms with Crippen molar-refractivity contribution in [3.8, 4) is 0 Å². The van der Waals surface area contributed by atoms with E-state index in [0.29, 0.717) is 11.2 Å². The van der Waals surface area contributed by atoms with E-state index in [1.807, 2.05) is 4.40 Å². The lowest BCUT2D eigenvalue weighted by Gasteiger charge is -2.16. The largest absolute Gasteiger partial charge is 0.330 e. The van der Waals surface area contributed by atoms with Crippen molar-refractivity contribution in [2.24, 2.45) is 7.05 Å². The summed E-state index contributed by atoms with van der Waals surface area (Å²) in [4.78, 5) is 33.2. The average Bonchev–Trinajstić information content (AvgIpc) is 2.97. The maximum Gasteiger partial charge on any atom is 0.329 e. The highest BCUT2D eigenvalue weighted by Crippen LogP contribution is 2.20. The fourth-order valence-electron chi connectivity index (χ4n) is 3.46. The number of thiazole rings is 1. The molecule has 3 aromatic rings. The predicted molar refractivity (Wildman–Crippen MR) is 89.3 cm³/mol. The molecular formula is C15H20N5O2S+. The minimum absolute atomic E-state index is 0.360. The second kappa shape index (κ2) is 5.61. The topological polar surface area (TPSA) is 76.6 Å². The molecule has 0 amide bonds. The van der Waals surface area contributed by atoms with E-state index in [4.69, 9.17) is 0 Å². The minimum atomic E-state index is -0.423. The molecule has 122 valence electrons. The molecule has 4 heterocycles. The van der Waals surface area contributed by atoms with Gasteiger partial charge in [-0.15, -0.1) is 11.3 Å². The minimum Gasteiger partial charge on any atom is -0.330 e. The molecule has 0 aliphatic carbocycles. The number of aromatic nitrogens is 4. The smallest absolute Gasteiger partial charge is 0.329 e. The van der Waals surface area contributed by atoms with Gasteiger partial charge in [0.2, 0.25) is 0 Å². The number of hydrogen-bond acceptors (Lipinski definition) is 4. The summed E-state index contributed by atoms with van der Waals surface area (Å²) in [6.45, 7) is 3.26. The molecule has 0 aromatic carbocycles. The van der Waals surface area contributed by atoms with Gasteiger partial charge in [-0.25, -0.2) is 9.78 Å². The Balaban J connectivity index is 1.85. The number of aromatic amines is 1. The Morgan fingerprint density at radius 3 is 2.74 bits per heavy atom. The molecule has 0 radical (unpaired) electrons. The number of fused-ring (bicyclic) bond motifs is 3. The van der Waals surface area contributed by atoms with E-state index in [1.54, 1.807) is 11.9 Å². The van der Waals surface area contributed by atoms with Crippen LogP contribution >= 0.6 is 11.3 Å². The van der Waals surface area contributed by atoms with Crippen LogP contribution in [0.4, 0.5) is 0 Å². The van der Waals surface area contributed by atoms with Crippen molar-refractivity contribution in [2.45, 2.75) is 32.2 Å². The van der Waals surface area contributed by atoms with Gasteiger partial charge in [0, 0.05) is 12.4 Å². The zero-order valence-corrected chi connectivity index (χ0v) is 13.9. The van der Waals surface area contributed by atoms with E-state index in [1.165, 1.54) is 54.7 Å². The van der Waals surface area contributed by atoms with Gasteiger partial charge in [-0.05, 0) is 25.7 Å². The summed E-state index contributed by atoms with van der Waals surface area (Å²) in [5, 5.41) is 2.09. The van der Waals surface area contributed by atoms with Crippen LogP contribution in [0.2, 0.25) is 0 Å². The normalized spacial score (nSPS) is 17.1. The van der Waals surface area contributed by atoms with Crippen LogP contribution in [0.15, 0.2) is 15.0 Å². The molecule has 7 nitrogen and oxygen atoms in total. The average molecular weight is 334 g/mol. The van der Waals surface area contributed by atoms with Crippen LogP contribution in [0, 0.1) is 0 Å². The zero-order chi connectivity index (χ0) is 16.0. The van der Waals surface area contributed by atoms with Crippen molar-refractivity contribution >= 4 is 27.5 Å². The fourth-order valence-corrected chi connectivity index (χ4v) is 4.35. The number of nitrogens with one attached hydrogen (secondary N) is 2. The molecular weight excluding hydrogens is 314 g/mol. The van der Waals surface area contributed by atoms with Crippen LogP contribution in [-0.2, 0) is 13.6 Å². The van der Waals surface area contributed by atoms with E-state index >= 15 is 0 Å². The maximum atomic E-state index is 12.3. The van der Waals surface area contributed by atoms with E-state index in [-0.39, 0.29) is 5.56 Å². The Bertz CT molecular complexity index is 971. The molecule has 1 aliphatic heterocycles. The number of quaternary nitrogens is 1. The van der Waals surface area contributed by atoms with Crippen molar-refractivity contribution in [2.75, 3.05) is 13.1 Å². The highest BCUT2D eigenvalue weighted by Gasteiger charge is 2.20. The van der Waals surface area contributed by atoms with Crippen LogP contribution in [0.3, 0.4) is 0 Å². The lowest BCUT2D eigenvalue weighted by Crippen LogP contribution is -3.10. The number of aryl methyl sites for hydroxylation is 1. The van der Waals surface area contributed by atoms with E-state index < -0.39 is 5.69 Å². The summed E-state index contributed by atoms with van der Waals surface area (Å²) in [5.74, 6) is 0. The molecule has 0 unspecified atom stereocenters. The number of nitrogens with zero attached hydrogens (tertiary/aromatic N) is 3. The number of likely N-dealkylation sites (tertiary alicyclic amines) is 1. The third-order valence-corrected chi connectivity index (χ3v) is 5.59. The van der Waals surface area contributed by atoms with Crippen LogP contribution in [0.1, 0.15) is 31.4 Å². The number of rotatable bonds is 2. The summed E-state index contributed by atoms with van der Waals surface area (Å²) in [5.41, 5.74) is 1.26. The monoisotopic (exact) mass is 334 g/mol. The highest BCUT2D eigenvalue weighted by molar-refractivity contribution is 7.15. The van der Waals surface area contributed by atoms with E-state index in [2.05, 4.69) is 15.3 Å². The summed E-state index contributed by atoms with van der Waals surface area (Å²) < 4.78 is 3.33. The second-order valence-corrected chi connectivity index (χ2v) is 7.12. The summed E-state index contributed by atoms with van der Waals surface area (Å²) in [6, 6.07) is 0. The summed E-state index contributed by atoms with van der Waals surface area (Å²) in [7, 11) is 1.64. The molecule has 1 saturated heterocycles. The van der Waals surface area contributed by atoms with Gasteiger partial charge in [0.25, 0.3) is 5.56 Å². The van der Waals surface area contributed by atoms with Gasteiger partial charge in [0.05, 0.1) is 18.8 Å². The molecule has 2 N–H and O–H groups in total. The Morgan fingerprint density at radius 1 is 1.26 bits per heavy atom. The van der Waals surface area contributed by atoms with Gasteiger partial charge >= 0.3 is 5.69 Å². The second-order valence-electron chi connectivity index (χ2n) is 6.29. The lowest BCUT2D eigenvalue weighted by molar-refractivity contribution is -0.913. The van der Waals surface area contributed by atoms with Crippen molar-refractivity contribution in [1.29, 1.82) is 0 Å². The summed E-state index contributed by atoms with van der Waals surface area (Å²) in [6.07, 6.45) is 5.17. The van der Waals surface area contributed by atoms with Gasteiger partial charge < -0.3 is 4.90 Å². The first-order valence-electron chi connectivity index (χ1n) is 8.06. The summed E-state index contributed by atoms with van der Waals surface area (Å²) >= 11 is 1.53. The van der Waals surface area contributed by atoms with Crippen LogP contribution in [0.25, 0.3) is 16.1 Å². The first kappa shape index (κ1) is 14.6. The molecule has 4 rings (SSSR count). The molecule has 1 aliphatic rings. The highest BCUT2D eigenvalue weighted by atomic mass is 32.1. The van der Waals surface area contributed by atoms with Gasteiger partial charge in [-0.1, -0.05) is 0 Å². The van der Waals surface area contributed by atoms with Crippen molar-refractivity contribution in [3.63, 3.8) is 0 Å². The zero-order valence-electron chi connectivity index (χ0n) is 13.1. The van der Waals surface area contributed by atoms with Gasteiger partial charge in [0.15, 0.2) is 16.1 Å². The number of H-pyrrole nitrogens is 1. The molecule has 3 aromatic heterocycles. The molecule has 0 bridgehead atoms. The van der Waals surface area contributed by atoms with Gasteiger partial charge in [0.1, 0.15) is 6.54 Å². The Hall–Kier alpha value is -1.93. The Labute approximate surface area is 136 Å².